The molecule has 1 aromatic heterocycles. The Bertz CT molecular complexity index is 284. The van der Waals surface area contributed by atoms with Gasteiger partial charge in [-0.15, -0.1) is 0 Å². The zero-order chi connectivity index (χ0) is 9.14. The number of ketones is 1. The Morgan fingerprint density at radius 1 is 1.42 bits per heavy atom. The molecular weight excluding hydrogens is 166 g/mol. The van der Waals surface area contributed by atoms with Crippen LogP contribution in [0.4, 0.5) is 8.78 Å². The normalized spacial score (nSPS) is 10.3. The first-order valence-corrected chi connectivity index (χ1v) is 3.22. The van der Waals surface area contributed by atoms with E-state index in [1.54, 1.807) is 0 Å². The van der Waals surface area contributed by atoms with Crippen molar-refractivity contribution in [1.82, 2.24) is 9.97 Å². The summed E-state index contributed by atoms with van der Waals surface area (Å²) in [6.45, 7) is 1.32. The number of Topliss-reactive ketones (excluding diaryl/α,β-unsaturated/α-hetero) is 1. The summed E-state index contributed by atoms with van der Waals surface area (Å²) in [5.74, 6) is -0.796. The predicted molar refractivity (Wildman–Crippen MR) is 37.0 cm³/mol. The Hall–Kier alpha value is -1.39. The van der Waals surface area contributed by atoms with E-state index in [0.717, 1.165) is 12.4 Å². The lowest BCUT2D eigenvalue weighted by atomic mass is 10.2. The molecule has 0 bridgehead atoms. The second kappa shape index (κ2) is 3.34. The lowest BCUT2D eigenvalue weighted by Gasteiger charge is -1.97. The van der Waals surface area contributed by atoms with Crippen LogP contribution in [0.5, 0.6) is 0 Å². The van der Waals surface area contributed by atoms with Gasteiger partial charge < -0.3 is 0 Å². The van der Waals surface area contributed by atoms with E-state index in [1.807, 2.05) is 0 Å². The van der Waals surface area contributed by atoms with Crippen LogP contribution in [-0.2, 0) is 0 Å². The molecule has 64 valence electrons. The minimum Gasteiger partial charge on any atom is -0.294 e. The fourth-order valence-electron chi connectivity index (χ4n) is 0.633. The third-order valence-corrected chi connectivity index (χ3v) is 1.27. The Morgan fingerprint density at radius 2 is 1.92 bits per heavy atom. The van der Waals surface area contributed by atoms with Gasteiger partial charge in [0.15, 0.2) is 11.6 Å². The maximum Gasteiger partial charge on any atom is 0.297 e. The molecule has 0 radical (unpaired) electrons. The van der Waals surface area contributed by atoms with Gasteiger partial charge in [-0.2, -0.15) is 0 Å². The lowest BCUT2D eigenvalue weighted by molar-refractivity contribution is 0.101. The van der Waals surface area contributed by atoms with Crippen LogP contribution in [-0.4, -0.2) is 15.8 Å². The summed E-state index contributed by atoms with van der Waals surface area (Å²) >= 11 is 0. The van der Waals surface area contributed by atoms with Gasteiger partial charge in [-0.3, -0.25) is 4.79 Å². The summed E-state index contributed by atoms with van der Waals surface area (Å²) in [5, 5.41) is 0. The molecule has 0 aliphatic carbocycles. The maximum atomic E-state index is 11.9. The van der Waals surface area contributed by atoms with Crippen molar-refractivity contribution in [3.63, 3.8) is 0 Å². The van der Waals surface area contributed by atoms with Crippen LogP contribution in [0.2, 0.25) is 0 Å². The van der Waals surface area contributed by atoms with E-state index in [0.29, 0.717) is 0 Å². The van der Waals surface area contributed by atoms with Gasteiger partial charge in [-0.25, -0.2) is 18.7 Å². The first kappa shape index (κ1) is 8.70. The van der Waals surface area contributed by atoms with E-state index >= 15 is 0 Å². The Kier molecular flexibility index (Phi) is 2.42. The molecule has 1 rings (SSSR count). The fraction of sp³-hybridized carbons (Fsp3) is 0.286. The Balaban J connectivity index is 2.93. The molecule has 0 fully saturated rings. The summed E-state index contributed by atoms with van der Waals surface area (Å²) < 4.78 is 23.8. The minimum absolute atomic E-state index is 0.236. The third kappa shape index (κ3) is 1.81. The standard InChI is InChI=1S/C7H6F2N2O/c1-4(12)5-2-10-7(6(8)9)11-3-5/h2-3,6H,1H3. The second-order valence-electron chi connectivity index (χ2n) is 2.19. The van der Waals surface area contributed by atoms with Gasteiger partial charge in [-0.1, -0.05) is 0 Å². The van der Waals surface area contributed by atoms with Gasteiger partial charge in [-0.05, 0) is 6.92 Å². The number of carbonyl (C=O) groups excluding carboxylic acids is 1. The van der Waals surface area contributed by atoms with Crippen molar-refractivity contribution in [2.75, 3.05) is 0 Å². The molecule has 0 atom stereocenters. The van der Waals surface area contributed by atoms with Crippen LogP contribution >= 0.6 is 0 Å². The summed E-state index contributed by atoms with van der Waals surface area (Å²) in [6, 6.07) is 0. The van der Waals surface area contributed by atoms with Crippen molar-refractivity contribution in [2.45, 2.75) is 13.3 Å². The summed E-state index contributed by atoms with van der Waals surface area (Å²) in [6.07, 6.45) is -0.501. The van der Waals surface area contributed by atoms with E-state index in [1.165, 1.54) is 6.92 Å². The zero-order valence-corrected chi connectivity index (χ0v) is 6.29. The molecule has 0 aliphatic heterocycles. The Morgan fingerprint density at radius 3 is 2.25 bits per heavy atom. The topological polar surface area (TPSA) is 42.9 Å². The third-order valence-electron chi connectivity index (χ3n) is 1.27. The number of carbonyl (C=O) groups is 1. The van der Waals surface area contributed by atoms with Crippen LogP contribution in [0.15, 0.2) is 12.4 Å². The molecule has 1 heterocycles. The smallest absolute Gasteiger partial charge is 0.294 e. The highest BCUT2D eigenvalue weighted by atomic mass is 19.3. The van der Waals surface area contributed by atoms with E-state index in [2.05, 4.69) is 9.97 Å². The number of aromatic nitrogens is 2. The van der Waals surface area contributed by atoms with Gasteiger partial charge in [0, 0.05) is 12.4 Å². The molecule has 5 heteroatoms. The average Bonchev–Trinajstić information content (AvgIpc) is 2.04. The molecule has 0 amide bonds. The van der Waals surface area contributed by atoms with E-state index < -0.39 is 12.2 Å². The van der Waals surface area contributed by atoms with Crippen molar-refractivity contribution >= 4 is 5.78 Å². The van der Waals surface area contributed by atoms with E-state index in [4.69, 9.17) is 0 Å². The van der Waals surface area contributed by atoms with E-state index in [-0.39, 0.29) is 11.3 Å². The van der Waals surface area contributed by atoms with Crippen LogP contribution in [0, 0.1) is 0 Å². The van der Waals surface area contributed by atoms with Crippen LogP contribution in [0.25, 0.3) is 0 Å². The number of hydrogen-bond donors (Lipinski definition) is 0. The van der Waals surface area contributed by atoms with Gasteiger partial charge in [0.25, 0.3) is 6.43 Å². The number of rotatable bonds is 2. The molecule has 12 heavy (non-hydrogen) atoms. The average molecular weight is 172 g/mol. The summed E-state index contributed by atoms with van der Waals surface area (Å²) in [7, 11) is 0. The van der Waals surface area contributed by atoms with Gasteiger partial charge >= 0.3 is 0 Å². The number of alkyl halides is 2. The lowest BCUT2D eigenvalue weighted by Crippen LogP contribution is -1.99. The van der Waals surface area contributed by atoms with E-state index in [9.17, 15) is 13.6 Å². The number of nitrogens with zero attached hydrogens (tertiary/aromatic N) is 2. The maximum absolute atomic E-state index is 11.9. The fourth-order valence-corrected chi connectivity index (χ4v) is 0.633. The van der Waals surface area contributed by atoms with Crippen molar-refractivity contribution in [3.8, 4) is 0 Å². The molecule has 0 spiro atoms. The molecule has 0 unspecified atom stereocenters. The van der Waals surface area contributed by atoms with Crippen LogP contribution < -0.4 is 0 Å². The van der Waals surface area contributed by atoms with Gasteiger partial charge in [0.2, 0.25) is 0 Å². The van der Waals surface area contributed by atoms with Gasteiger partial charge in [0.05, 0.1) is 5.56 Å². The quantitative estimate of drug-likeness (QED) is 0.636. The molecule has 0 aromatic carbocycles. The minimum atomic E-state index is -2.69. The van der Waals surface area contributed by atoms with Crippen molar-refractivity contribution in [2.24, 2.45) is 0 Å². The highest BCUT2D eigenvalue weighted by Gasteiger charge is 2.10. The SMILES string of the molecule is CC(=O)c1cnc(C(F)F)nc1. The van der Waals surface area contributed by atoms with Crippen LogP contribution in [0.1, 0.15) is 29.5 Å². The number of halogens is 2. The summed E-state index contributed by atoms with van der Waals surface area (Å²) in [4.78, 5) is 17.3. The largest absolute Gasteiger partial charge is 0.297 e. The Labute approximate surface area is 67.5 Å². The molecule has 0 saturated heterocycles. The highest BCUT2D eigenvalue weighted by Crippen LogP contribution is 2.12. The van der Waals surface area contributed by atoms with Crippen LogP contribution in [0.3, 0.4) is 0 Å². The number of hydrogen-bond acceptors (Lipinski definition) is 3. The van der Waals surface area contributed by atoms with Crippen molar-refractivity contribution < 1.29 is 13.6 Å². The molecule has 0 saturated carbocycles. The molecule has 0 N–H and O–H groups in total. The van der Waals surface area contributed by atoms with Gasteiger partial charge in [0.1, 0.15) is 0 Å². The second-order valence-corrected chi connectivity index (χ2v) is 2.19. The molecule has 0 aliphatic rings. The van der Waals surface area contributed by atoms with Crippen molar-refractivity contribution in [1.29, 1.82) is 0 Å². The predicted octanol–water partition coefficient (Wildman–Crippen LogP) is 1.62. The summed E-state index contributed by atoms with van der Waals surface area (Å²) in [5.41, 5.74) is 0.236. The highest BCUT2D eigenvalue weighted by molar-refractivity contribution is 5.93. The molecule has 1 aromatic rings. The molecular formula is C7H6F2N2O. The van der Waals surface area contributed by atoms with Crippen molar-refractivity contribution in [3.05, 3.63) is 23.8 Å². The zero-order valence-electron chi connectivity index (χ0n) is 6.29. The first-order chi connectivity index (χ1) is 5.61. The first-order valence-electron chi connectivity index (χ1n) is 3.22. The monoisotopic (exact) mass is 172 g/mol. The molecule has 3 nitrogen and oxygen atoms in total.